The maximum atomic E-state index is 14.0. The van der Waals surface area contributed by atoms with Crippen molar-refractivity contribution in [1.29, 1.82) is 0 Å². The first-order valence-electron chi connectivity index (χ1n) is 6.56. The number of benzene rings is 1. The summed E-state index contributed by atoms with van der Waals surface area (Å²) >= 11 is 6.48. The Balaban J connectivity index is 1.85. The second kappa shape index (κ2) is 6.36. The molecule has 0 aliphatic carbocycles. The number of aryl methyl sites for hydroxylation is 1. The Kier molecular flexibility index (Phi) is 4.69. The second-order valence-electron chi connectivity index (χ2n) is 4.94. The van der Waals surface area contributed by atoms with Crippen molar-refractivity contribution in [1.82, 2.24) is 0 Å². The van der Waals surface area contributed by atoms with Gasteiger partial charge in [-0.15, -0.1) is 11.3 Å². The maximum Gasteiger partial charge on any atom is 0.143 e. The molecule has 1 N–H and O–H groups in total. The molecule has 1 unspecified atom stereocenters. The molecule has 0 bridgehead atoms. The highest BCUT2D eigenvalue weighted by Crippen LogP contribution is 2.36. The van der Waals surface area contributed by atoms with Crippen LogP contribution in [0.1, 0.15) is 27.0 Å². The van der Waals surface area contributed by atoms with Crippen molar-refractivity contribution >= 4 is 39.0 Å². The molecule has 1 nitrogen and oxygen atoms in total. The predicted octanol–water partition coefficient (Wildman–Crippen LogP) is 4.85. The summed E-state index contributed by atoms with van der Waals surface area (Å²) in [6.45, 7) is 0. The molecule has 3 rings (SSSR count). The summed E-state index contributed by atoms with van der Waals surface area (Å²) in [5, 5.41) is 10.3. The molecule has 0 spiro atoms. The van der Waals surface area contributed by atoms with Crippen LogP contribution in [0.3, 0.4) is 0 Å². The maximum absolute atomic E-state index is 14.0. The average molecular weight is 391 g/mol. The molecule has 2 heterocycles. The molecule has 1 aromatic heterocycles. The third kappa shape index (κ3) is 3.18. The number of halogens is 3. The van der Waals surface area contributed by atoms with Crippen molar-refractivity contribution in [2.24, 2.45) is 0 Å². The zero-order chi connectivity index (χ0) is 15.0. The van der Waals surface area contributed by atoms with Crippen molar-refractivity contribution in [3.05, 3.63) is 55.2 Å². The van der Waals surface area contributed by atoms with Gasteiger partial charge in [0.15, 0.2) is 0 Å². The highest BCUT2D eigenvalue weighted by Gasteiger charge is 2.21. The van der Waals surface area contributed by atoms with E-state index in [0.29, 0.717) is 0 Å². The van der Waals surface area contributed by atoms with Crippen molar-refractivity contribution in [3.8, 4) is 0 Å². The van der Waals surface area contributed by atoms with Crippen molar-refractivity contribution in [3.63, 3.8) is 0 Å². The van der Waals surface area contributed by atoms with Crippen LogP contribution in [0.5, 0.6) is 0 Å². The first kappa shape index (κ1) is 15.5. The van der Waals surface area contributed by atoms with Crippen LogP contribution in [-0.2, 0) is 18.6 Å². The zero-order valence-corrected chi connectivity index (χ0v) is 14.3. The Labute approximate surface area is 138 Å². The molecule has 0 fully saturated rings. The fourth-order valence-corrected chi connectivity index (χ4v) is 5.12. The Morgan fingerprint density at radius 2 is 2.14 bits per heavy atom. The van der Waals surface area contributed by atoms with Gasteiger partial charge in [-0.05, 0) is 51.9 Å². The minimum Gasteiger partial charge on any atom is -0.387 e. The van der Waals surface area contributed by atoms with Gasteiger partial charge in [-0.3, -0.25) is 0 Å². The van der Waals surface area contributed by atoms with E-state index in [0.717, 1.165) is 22.8 Å². The second-order valence-corrected chi connectivity index (χ2v) is 8.07. The molecule has 0 saturated heterocycles. The van der Waals surface area contributed by atoms with E-state index in [1.807, 2.05) is 17.8 Å². The van der Waals surface area contributed by atoms with E-state index in [4.69, 9.17) is 0 Å². The lowest BCUT2D eigenvalue weighted by atomic mass is 10.0. The van der Waals surface area contributed by atoms with E-state index in [1.165, 1.54) is 22.6 Å². The van der Waals surface area contributed by atoms with Crippen molar-refractivity contribution in [2.75, 3.05) is 5.75 Å². The van der Waals surface area contributed by atoms with E-state index in [2.05, 4.69) is 15.9 Å². The number of aliphatic hydroxyl groups excluding tert-OH is 1. The third-order valence-corrected chi connectivity index (χ3v) is 6.47. The highest BCUT2D eigenvalue weighted by molar-refractivity contribution is 9.10. The Bertz CT molecular complexity index is 648. The smallest absolute Gasteiger partial charge is 0.143 e. The minimum absolute atomic E-state index is 0.0519. The number of hydrogen-bond donors (Lipinski definition) is 1. The summed E-state index contributed by atoms with van der Waals surface area (Å²) in [4.78, 5) is 2.08. The SMILES string of the molecule is OC(Cc1c(F)ccc(Br)c1F)c1cc2c(s1)CCSC2. The van der Waals surface area contributed by atoms with Crippen LogP contribution >= 0.6 is 39.0 Å². The molecule has 1 aliphatic heterocycles. The van der Waals surface area contributed by atoms with E-state index in [1.54, 1.807) is 11.3 Å². The van der Waals surface area contributed by atoms with E-state index >= 15 is 0 Å². The first-order chi connectivity index (χ1) is 10.1. The fourth-order valence-electron chi connectivity index (χ4n) is 2.38. The summed E-state index contributed by atoms with van der Waals surface area (Å²) in [6, 6.07) is 4.53. The predicted molar refractivity (Wildman–Crippen MR) is 86.9 cm³/mol. The Hall–Kier alpha value is -0.430. The van der Waals surface area contributed by atoms with Crippen LogP contribution in [0.2, 0.25) is 0 Å². The molecule has 6 heteroatoms. The van der Waals surface area contributed by atoms with Gasteiger partial charge >= 0.3 is 0 Å². The van der Waals surface area contributed by atoms with Gasteiger partial charge in [0.25, 0.3) is 0 Å². The fraction of sp³-hybridized carbons (Fsp3) is 0.333. The van der Waals surface area contributed by atoms with Gasteiger partial charge in [-0.1, -0.05) is 0 Å². The quantitative estimate of drug-likeness (QED) is 0.755. The van der Waals surface area contributed by atoms with Gasteiger partial charge in [0, 0.05) is 27.5 Å². The topological polar surface area (TPSA) is 20.2 Å². The summed E-state index contributed by atoms with van der Waals surface area (Å²) in [6.07, 6.45) is 0.0876. The standard InChI is InChI=1S/C15H13BrF2OS2/c16-10-1-2-11(17)9(15(10)18)6-12(19)14-5-8-7-20-4-3-13(8)21-14/h1-2,5,12,19H,3-4,6-7H2. The van der Waals surface area contributed by atoms with Crippen LogP contribution in [0, 0.1) is 11.6 Å². The number of thioether (sulfide) groups is 1. The van der Waals surface area contributed by atoms with Crippen LogP contribution in [0.4, 0.5) is 8.78 Å². The van der Waals surface area contributed by atoms with Gasteiger partial charge in [-0.25, -0.2) is 8.78 Å². The summed E-state index contributed by atoms with van der Waals surface area (Å²) in [7, 11) is 0. The van der Waals surface area contributed by atoms with Crippen LogP contribution in [0.15, 0.2) is 22.7 Å². The van der Waals surface area contributed by atoms with Gasteiger partial charge in [-0.2, -0.15) is 11.8 Å². The molecule has 2 aromatic rings. The van der Waals surface area contributed by atoms with Crippen LogP contribution in [-0.4, -0.2) is 10.9 Å². The highest BCUT2D eigenvalue weighted by atomic mass is 79.9. The number of rotatable bonds is 3. The lowest BCUT2D eigenvalue weighted by Gasteiger charge is -2.11. The zero-order valence-electron chi connectivity index (χ0n) is 11.0. The van der Waals surface area contributed by atoms with Crippen LogP contribution < -0.4 is 0 Å². The molecular formula is C15H13BrF2OS2. The number of aliphatic hydroxyl groups is 1. The normalized spacial score (nSPS) is 15.8. The van der Waals surface area contributed by atoms with Gasteiger partial charge in [0.05, 0.1) is 10.6 Å². The molecule has 1 atom stereocenters. The summed E-state index contributed by atoms with van der Waals surface area (Å²) in [5.41, 5.74) is 1.18. The van der Waals surface area contributed by atoms with E-state index < -0.39 is 17.7 Å². The first-order valence-corrected chi connectivity index (χ1v) is 9.32. The molecule has 1 aromatic carbocycles. The van der Waals surface area contributed by atoms with E-state index in [-0.39, 0.29) is 16.5 Å². The molecule has 0 saturated carbocycles. The molecular weight excluding hydrogens is 378 g/mol. The number of hydrogen-bond acceptors (Lipinski definition) is 3. The Morgan fingerprint density at radius 1 is 1.33 bits per heavy atom. The monoisotopic (exact) mass is 390 g/mol. The molecule has 21 heavy (non-hydrogen) atoms. The molecule has 112 valence electrons. The van der Waals surface area contributed by atoms with Gasteiger partial charge < -0.3 is 5.11 Å². The van der Waals surface area contributed by atoms with Gasteiger partial charge in [0.1, 0.15) is 11.6 Å². The number of thiophene rings is 1. The van der Waals surface area contributed by atoms with E-state index in [9.17, 15) is 13.9 Å². The van der Waals surface area contributed by atoms with Crippen molar-refractivity contribution in [2.45, 2.75) is 24.7 Å². The number of fused-ring (bicyclic) bond motifs is 1. The molecule has 0 amide bonds. The lowest BCUT2D eigenvalue weighted by molar-refractivity contribution is 0.179. The third-order valence-electron chi connectivity index (χ3n) is 3.51. The summed E-state index contributed by atoms with van der Waals surface area (Å²) in [5.74, 6) is 0.799. The van der Waals surface area contributed by atoms with Crippen molar-refractivity contribution < 1.29 is 13.9 Å². The largest absolute Gasteiger partial charge is 0.387 e. The van der Waals surface area contributed by atoms with Gasteiger partial charge in [0.2, 0.25) is 0 Å². The average Bonchev–Trinajstić information content (AvgIpc) is 2.91. The lowest BCUT2D eigenvalue weighted by Crippen LogP contribution is -2.05. The summed E-state index contributed by atoms with van der Waals surface area (Å²) < 4.78 is 27.9. The molecule has 0 radical (unpaired) electrons. The molecule has 1 aliphatic rings. The Morgan fingerprint density at radius 3 is 2.90 bits per heavy atom. The minimum atomic E-state index is -0.871. The van der Waals surface area contributed by atoms with Crippen LogP contribution in [0.25, 0.3) is 0 Å².